The van der Waals surface area contributed by atoms with Crippen LogP contribution < -0.4 is 10.2 Å². The van der Waals surface area contributed by atoms with Crippen LogP contribution in [0.4, 0.5) is 5.69 Å². The Morgan fingerprint density at radius 2 is 2.24 bits per heavy atom. The molecule has 2 atom stereocenters. The molecule has 1 aromatic carbocycles. The minimum atomic E-state index is 0.673. The van der Waals surface area contributed by atoms with E-state index in [0.29, 0.717) is 6.04 Å². The molecule has 92 valence electrons. The summed E-state index contributed by atoms with van der Waals surface area (Å²) in [5.41, 5.74) is 3.01. The Bertz CT molecular complexity index is 382. The topological polar surface area (TPSA) is 15.3 Å². The van der Waals surface area contributed by atoms with E-state index in [1.807, 2.05) is 0 Å². The lowest BCUT2D eigenvalue weighted by Gasteiger charge is -2.36. The van der Waals surface area contributed by atoms with Gasteiger partial charge < -0.3 is 10.2 Å². The molecule has 0 saturated carbocycles. The average Bonchev–Trinajstić information content (AvgIpc) is 2.83. The summed E-state index contributed by atoms with van der Waals surface area (Å²) >= 11 is 0. The van der Waals surface area contributed by atoms with Gasteiger partial charge in [-0.2, -0.15) is 0 Å². The number of hydrogen-bond donors (Lipinski definition) is 1. The fraction of sp³-hybridized carbons (Fsp3) is 0.600. The van der Waals surface area contributed by atoms with Crippen LogP contribution in [-0.2, 0) is 6.42 Å². The molecule has 2 unspecified atom stereocenters. The van der Waals surface area contributed by atoms with Crippen LogP contribution in [-0.4, -0.2) is 25.7 Å². The van der Waals surface area contributed by atoms with Crippen LogP contribution >= 0.6 is 0 Å². The van der Waals surface area contributed by atoms with Crippen LogP contribution in [0.2, 0.25) is 0 Å². The monoisotopic (exact) mass is 230 g/mol. The summed E-state index contributed by atoms with van der Waals surface area (Å²) in [5.74, 6) is 0.815. The van der Waals surface area contributed by atoms with E-state index >= 15 is 0 Å². The number of hydrogen-bond acceptors (Lipinski definition) is 2. The number of benzene rings is 1. The van der Waals surface area contributed by atoms with Gasteiger partial charge in [0, 0.05) is 18.3 Å². The maximum absolute atomic E-state index is 3.54. The maximum atomic E-state index is 3.54. The second-order valence-electron chi connectivity index (χ2n) is 5.42. The number of para-hydroxylation sites is 1. The number of nitrogens with zero attached hydrogens (tertiary/aromatic N) is 1. The Morgan fingerprint density at radius 3 is 3.06 bits per heavy atom. The van der Waals surface area contributed by atoms with Gasteiger partial charge >= 0.3 is 0 Å². The molecule has 1 aromatic rings. The molecule has 2 nitrogen and oxygen atoms in total. The van der Waals surface area contributed by atoms with E-state index in [9.17, 15) is 0 Å². The molecular formula is C15H22N2. The highest BCUT2D eigenvalue weighted by atomic mass is 15.2. The first-order valence-electron chi connectivity index (χ1n) is 6.91. The fourth-order valence-corrected chi connectivity index (χ4v) is 3.33. The van der Waals surface area contributed by atoms with E-state index in [4.69, 9.17) is 0 Å². The largest absolute Gasteiger partial charge is 0.368 e. The van der Waals surface area contributed by atoms with E-state index in [2.05, 4.69) is 41.4 Å². The van der Waals surface area contributed by atoms with Crippen molar-refractivity contribution in [3.8, 4) is 0 Å². The molecule has 0 aromatic heterocycles. The highest BCUT2D eigenvalue weighted by Gasteiger charge is 2.29. The molecule has 17 heavy (non-hydrogen) atoms. The molecule has 2 heteroatoms. The minimum absolute atomic E-state index is 0.673. The van der Waals surface area contributed by atoms with Crippen molar-refractivity contribution in [2.45, 2.75) is 32.2 Å². The van der Waals surface area contributed by atoms with Crippen LogP contribution in [0.3, 0.4) is 0 Å². The third-order valence-corrected chi connectivity index (χ3v) is 4.43. The first-order valence-corrected chi connectivity index (χ1v) is 6.91. The highest BCUT2D eigenvalue weighted by molar-refractivity contribution is 5.58. The normalized spacial score (nSPS) is 25.7. The van der Waals surface area contributed by atoms with Crippen LogP contribution in [0.15, 0.2) is 24.3 Å². The number of fused-ring (bicyclic) bond motifs is 1. The van der Waals surface area contributed by atoms with Crippen molar-refractivity contribution in [2.75, 3.05) is 24.5 Å². The smallest absolute Gasteiger partial charge is 0.0402 e. The zero-order valence-corrected chi connectivity index (χ0v) is 10.7. The Labute approximate surface area is 104 Å². The van der Waals surface area contributed by atoms with Crippen molar-refractivity contribution in [3.63, 3.8) is 0 Å². The van der Waals surface area contributed by atoms with E-state index in [1.54, 1.807) is 0 Å². The zero-order valence-electron chi connectivity index (χ0n) is 10.7. The van der Waals surface area contributed by atoms with Gasteiger partial charge in [0.25, 0.3) is 0 Å². The first kappa shape index (κ1) is 11.1. The Hall–Kier alpha value is -1.02. The molecule has 0 amide bonds. The second-order valence-corrected chi connectivity index (χ2v) is 5.42. The molecule has 3 rings (SSSR count). The third-order valence-electron chi connectivity index (χ3n) is 4.43. The molecule has 2 aliphatic heterocycles. The Morgan fingerprint density at radius 1 is 1.35 bits per heavy atom. The Balaban J connectivity index is 1.76. The Kier molecular flexibility index (Phi) is 3.06. The summed E-state index contributed by atoms with van der Waals surface area (Å²) in [6.07, 6.45) is 3.94. The van der Waals surface area contributed by atoms with Crippen molar-refractivity contribution in [1.29, 1.82) is 0 Å². The molecule has 1 fully saturated rings. The van der Waals surface area contributed by atoms with Crippen molar-refractivity contribution in [1.82, 2.24) is 5.32 Å². The number of piperidine rings is 1. The summed E-state index contributed by atoms with van der Waals surface area (Å²) in [5, 5.41) is 3.54. The highest BCUT2D eigenvalue weighted by Crippen LogP contribution is 2.32. The lowest BCUT2D eigenvalue weighted by atomic mass is 9.92. The van der Waals surface area contributed by atoms with Gasteiger partial charge in [0.15, 0.2) is 0 Å². The summed E-state index contributed by atoms with van der Waals surface area (Å²) in [4.78, 5) is 2.62. The lowest BCUT2D eigenvalue weighted by Crippen LogP contribution is -2.44. The number of anilines is 1. The molecule has 0 spiro atoms. The zero-order chi connectivity index (χ0) is 11.7. The van der Waals surface area contributed by atoms with Gasteiger partial charge in [0.1, 0.15) is 0 Å². The van der Waals surface area contributed by atoms with Crippen LogP contribution in [0.5, 0.6) is 0 Å². The van der Waals surface area contributed by atoms with Gasteiger partial charge in [-0.3, -0.25) is 0 Å². The minimum Gasteiger partial charge on any atom is -0.368 e. The molecule has 2 aliphatic rings. The van der Waals surface area contributed by atoms with Gasteiger partial charge in [0.2, 0.25) is 0 Å². The van der Waals surface area contributed by atoms with E-state index in [0.717, 1.165) is 5.92 Å². The van der Waals surface area contributed by atoms with E-state index in [-0.39, 0.29) is 0 Å². The summed E-state index contributed by atoms with van der Waals surface area (Å²) in [6.45, 7) is 6.01. The standard InChI is InChI=1S/C15H22N2/c1-12(14-6-4-9-16-11-14)17-10-8-13-5-2-3-7-15(13)17/h2-3,5,7,12,14,16H,4,6,8-11H2,1H3. The van der Waals surface area contributed by atoms with Crippen molar-refractivity contribution in [2.24, 2.45) is 5.92 Å². The molecule has 1 N–H and O–H groups in total. The van der Waals surface area contributed by atoms with Gasteiger partial charge in [-0.05, 0) is 56.8 Å². The summed E-state index contributed by atoms with van der Waals surface area (Å²) in [6, 6.07) is 9.57. The van der Waals surface area contributed by atoms with Crippen molar-refractivity contribution < 1.29 is 0 Å². The van der Waals surface area contributed by atoms with Crippen molar-refractivity contribution >= 4 is 5.69 Å². The molecule has 0 aliphatic carbocycles. The quantitative estimate of drug-likeness (QED) is 0.839. The first-order chi connectivity index (χ1) is 8.36. The number of nitrogens with one attached hydrogen (secondary N) is 1. The molecule has 0 radical (unpaired) electrons. The van der Waals surface area contributed by atoms with E-state index < -0.39 is 0 Å². The molecule has 1 saturated heterocycles. The third kappa shape index (κ3) is 2.06. The van der Waals surface area contributed by atoms with Gasteiger partial charge in [-0.25, -0.2) is 0 Å². The van der Waals surface area contributed by atoms with Crippen LogP contribution in [0.25, 0.3) is 0 Å². The number of rotatable bonds is 2. The summed E-state index contributed by atoms with van der Waals surface area (Å²) in [7, 11) is 0. The fourth-order valence-electron chi connectivity index (χ4n) is 3.33. The molecule has 0 bridgehead atoms. The molecule has 2 heterocycles. The predicted molar refractivity (Wildman–Crippen MR) is 72.5 cm³/mol. The average molecular weight is 230 g/mol. The van der Waals surface area contributed by atoms with Crippen molar-refractivity contribution in [3.05, 3.63) is 29.8 Å². The molecular weight excluding hydrogens is 208 g/mol. The lowest BCUT2D eigenvalue weighted by molar-refractivity contribution is 0.324. The maximum Gasteiger partial charge on any atom is 0.0402 e. The SMILES string of the molecule is CC(C1CCCNC1)N1CCc2ccccc21. The van der Waals surface area contributed by atoms with Gasteiger partial charge in [-0.1, -0.05) is 18.2 Å². The van der Waals surface area contributed by atoms with Crippen LogP contribution in [0, 0.1) is 5.92 Å². The van der Waals surface area contributed by atoms with Crippen LogP contribution in [0.1, 0.15) is 25.3 Å². The van der Waals surface area contributed by atoms with Gasteiger partial charge in [-0.15, -0.1) is 0 Å². The second kappa shape index (κ2) is 4.69. The van der Waals surface area contributed by atoms with E-state index in [1.165, 1.54) is 50.1 Å². The predicted octanol–water partition coefficient (Wildman–Crippen LogP) is 2.44. The summed E-state index contributed by atoms with van der Waals surface area (Å²) < 4.78 is 0. The van der Waals surface area contributed by atoms with Gasteiger partial charge in [0.05, 0.1) is 0 Å².